The first-order valence-electron chi connectivity index (χ1n) is 4.92. The molecular weight excluding hydrogens is 224 g/mol. The Balaban J connectivity index is 2.47. The summed E-state index contributed by atoms with van der Waals surface area (Å²) >= 11 is 1.52. The number of aliphatic carboxylic acids is 1. The highest BCUT2D eigenvalue weighted by molar-refractivity contribution is 7.19. The fourth-order valence-electron chi connectivity index (χ4n) is 1.50. The van der Waals surface area contributed by atoms with Gasteiger partial charge in [0.15, 0.2) is 0 Å². The highest BCUT2D eigenvalue weighted by Gasteiger charge is 2.16. The summed E-state index contributed by atoms with van der Waals surface area (Å²) in [5, 5.41) is 9.98. The molecule has 2 aromatic rings. The van der Waals surface area contributed by atoms with Gasteiger partial charge in [0.05, 0.1) is 13.0 Å². The lowest BCUT2D eigenvalue weighted by molar-refractivity contribution is -0.138. The zero-order chi connectivity index (χ0) is 11.7. The molecule has 0 bridgehead atoms. The van der Waals surface area contributed by atoms with Crippen molar-refractivity contribution in [1.82, 2.24) is 0 Å². The number of hydrogen-bond acceptors (Lipinski definition) is 3. The van der Waals surface area contributed by atoms with Gasteiger partial charge in [0.1, 0.15) is 5.75 Å². The summed E-state index contributed by atoms with van der Waals surface area (Å²) < 4.78 is 6.21. The predicted octanol–water partition coefficient (Wildman–Crippen LogP) is 3.10. The first kappa shape index (κ1) is 11.0. The van der Waals surface area contributed by atoms with E-state index < -0.39 is 11.9 Å². The molecule has 2 rings (SSSR count). The van der Waals surface area contributed by atoms with E-state index in [-0.39, 0.29) is 0 Å². The van der Waals surface area contributed by atoms with Crippen LogP contribution in [0.2, 0.25) is 0 Å². The third kappa shape index (κ3) is 1.88. The smallest absolute Gasteiger partial charge is 0.311 e. The van der Waals surface area contributed by atoms with Gasteiger partial charge in [-0.15, -0.1) is 11.3 Å². The van der Waals surface area contributed by atoms with Crippen LogP contribution < -0.4 is 4.74 Å². The number of carbonyl (C=O) groups is 1. The molecule has 0 amide bonds. The van der Waals surface area contributed by atoms with Crippen molar-refractivity contribution < 1.29 is 14.6 Å². The van der Waals surface area contributed by atoms with Crippen molar-refractivity contribution in [2.75, 3.05) is 7.11 Å². The third-order valence-corrected chi connectivity index (χ3v) is 3.84. The van der Waals surface area contributed by atoms with E-state index in [0.29, 0.717) is 0 Å². The normalized spacial score (nSPS) is 12.6. The number of benzene rings is 1. The maximum absolute atomic E-state index is 10.9. The van der Waals surface area contributed by atoms with Gasteiger partial charge in [0, 0.05) is 9.58 Å². The van der Waals surface area contributed by atoms with E-state index in [0.717, 1.165) is 20.7 Å². The van der Waals surface area contributed by atoms with Gasteiger partial charge in [0.25, 0.3) is 0 Å². The molecule has 0 aliphatic rings. The van der Waals surface area contributed by atoms with Crippen LogP contribution in [-0.2, 0) is 4.79 Å². The molecule has 1 heterocycles. The van der Waals surface area contributed by atoms with Gasteiger partial charge in [-0.1, -0.05) is 0 Å². The molecule has 84 valence electrons. The first-order valence-corrected chi connectivity index (χ1v) is 5.73. The minimum atomic E-state index is -0.793. The Morgan fingerprint density at radius 1 is 1.44 bits per heavy atom. The molecule has 1 aromatic heterocycles. The first-order chi connectivity index (χ1) is 7.61. The molecule has 0 saturated heterocycles. The summed E-state index contributed by atoms with van der Waals surface area (Å²) in [5.41, 5.74) is 0. The Labute approximate surface area is 97.3 Å². The van der Waals surface area contributed by atoms with Crippen LogP contribution in [0.25, 0.3) is 10.1 Å². The minimum Gasteiger partial charge on any atom is -0.497 e. The van der Waals surface area contributed by atoms with Gasteiger partial charge >= 0.3 is 5.97 Å². The van der Waals surface area contributed by atoms with E-state index in [1.54, 1.807) is 14.0 Å². The summed E-state index contributed by atoms with van der Waals surface area (Å²) in [6.45, 7) is 1.70. The summed E-state index contributed by atoms with van der Waals surface area (Å²) in [5.74, 6) is -0.457. The Kier molecular flexibility index (Phi) is 2.83. The van der Waals surface area contributed by atoms with E-state index in [9.17, 15) is 4.79 Å². The van der Waals surface area contributed by atoms with Gasteiger partial charge in [0.2, 0.25) is 0 Å². The summed E-state index contributed by atoms with van der Waals surface area (Å²) in [6.07, 6.45) is 0. The number of carboxylic acid groups (broad SMARTS) is 1. The molecule has 0 radical (unpaired) electrons. The van der Waals surface area contributed by atoms with Crippen LogP contribution in [0, 0.1) is 0 Å². The fraction of sp³-hybridized carbons (Fsp3) is 0.250. The third-order valence-electron chi connectivity index (χ3n) is 2.54. The zero-order valence-electron chi connectivity index (χ0n) is 9.06. The Morgan fingerprint density at radius 3 is 2.81 bits per heavy atom. The fourth-order valence-corrected chi connectivity index (χ4v) is 2.59. The molecule has 0 aliphatic heterocycles. The van der Waals surface area contributed by atoms with Crippen LogP contribution in [0.5, 0.6) is 5.75 Å². The molecule has 0 unspecified atom stereocenters. The second-order valence-electron chi connectivity index (χ2n) is 3.61. The molecular formula is C12H12O3S. The number of rotatable bonds is 3. The lowest BCUT2D eigenvalue weighted by atomic mass is 10.1. The summed E-state index contributed by atoms with van der Waals surface area (Å²) in [4.78, 5) is 11.8. The van der Waals surface area contributed by atoms with Crippen molar-refractivity contribution in [3.63, 3.8) is 0 Å². The number of methoxy groups -OCH3 is 1. The summed E-state index contributed by atoms with van der Waals surface area (Å²) in [7, 11) is 1.62. The van der Waals surface area contributed by atoms with Crippen LogP contribution in [0.4, 0.5) is 0 Å². The van der Waals surface area contributed by atoms with Crippen molar-refractivity contribution in [1.29, 1.82) is 0 Å². The standard InChI is InChI=1S/C12H12O3S/c1-7(12(13)14)11-6-8-5-9(15-2)3-4-10(8)16-11/h3-7H,1-2H3,(H,13,14)/t7-/m1/s1. The highest BCUT2D eigenvalue weighted by atomic mass is 32.1. The summed E-state index contributed by atoms with van der Waals surface area (Å²) in [6, 6.07) is 7.68. The van der Waals surface area contributed by atoms with Gasteiger partial charge in [-0.3, -0.25) is 4.79 Å². The number of fused-ring (bicyclic) bond motifs is 1. The quantitative estimate of drug-likeness (QED) is 0.890. The molecule has 4 heteroatoms. The van der Waals surface area contributed by atoms with Gasteiger partial charge in [-0.25, -0.2) is 0 Å². The van der Waals surface area contributed by atoms with E-state index >= 15 is 0 Å². The minimum absolute atomic E-state index is 0.455. The topological polar surface area (TPSA) is 46.5 Å². The Morgan fingerprint density at radius 2 is 2.19 bits per heavy atom. The van der Waals surface area contributed by atoms with Crippen LogP contribution in [-0.4, -0.2) is 18.2 Å². The number of hydrogen-bond donors (Lipinski definition) is 1. The molecule has 16 heavy (non-hydrogen) atoms. The number of carboxylic acids is 1. The van der Waals surface area contributed by atoms with Crippen molar-refractivity contribution in [2.24, 2.45) is 0 Å². The number of thiophene rings is 1. The van der Waals surface area contributed by atoms with Crippen LogP contribution >= 0.6 is 11.3 Å². The lowest BCUT2D eigenvalue weighted by Crippen LogP contribution is -2.04. The van der Waals surface area contributed by atoms with E-state index in [1.165, 1.54) is 11.3 Å². The molecule has 1 atom stereocenters. The molecule has 0 saturated carbocycles. The molecule has 0 aliphatic carbocycles. The average molecular weight is 236 g/mol. The molecule has 1 N–H and O–H groups in total. The van der Waals surface area contributed by atoms with E-state index in [1.807, 2.05) is 24.3 Å². The zero-order valence-corrected chi connectivity index (χ0v) is 9.88. The number of ether oxygens (including phenoxy) is 1. The Hall–Kier alpha value is -1.55. The maximum Gasteiger partial charge on any atom is 0.311 e. The van der Waals surface area contributed by atoms with Crippen molar-refractivity contribution in [3.05, 3.63) is 29.1 Å². The molecule has 1 aromatic carbocycles. The second-order valence-corrected chi connectivity index (χ2v) is 4.73. The molecule has 3 nitrogen and oxygen atoms in total. The van der Waals surface area contributed by atoms with Crippen molar-refractivity contribution >= 4 is 27.4 Å². The largest absolute Gasteiger partial charge is 0.497 e. The van der Waals surface area contributed by atoms with Crippen molar-refractivity contribution in [2.45, 2.75) is 12.8 Å². The van der Waals surface area contributed by atoms with Gasteiger partial charge < -0.3 is 9.84 Å². The van der Waals surface area contributed by atoms with Gasteiger partial charge in [-0.05, 0) is 36.6 Å². The lowest BCUT2D eigenvalue weighted by Gasteiger charge is -1.99. The van der Waals surface area contributed by atoms with Crippen LogP contribution in [0.1, 0.15) is 17.7 Å². The molecule has 0 fully saturated rings. The SMILES string of the molecule is COc1ccc2sc([C@@H](C)C(=O)O)cc2c1. The van der Waals surface area contributed by atoms with Gasteiger partial charge in [-0.2, -0.15) is 0 Å². The maximum atomic E-state index is 10.9. The van der Waals surface area contributed by atoms with Crippen LogP contribution in [0.15, 0.2) is 24.3 Å². The highest BCUT2D eigenvalue weighted by Crippen LogP contribution is 2.32. The Bertz CT molecular complexity index is 530. The van der Waals surface area contributed by atoms with Crippen molar-refractivity contribution in [3.8, 4) is 5.75 Å². The monoisotopic (exact) mass is 236 g/mol. The second kappa shape index (κ2) is 4.14. The van der Waals surface area contributed by atoms with E-state index in [4.69, 9.17) is 9.84 Å². The van der Waals surface area contributed by atoms with E-state index in [2.05, 4.69) is 0 Å². The predicted molar refractivity (Wildman–Crippen MR) is 64.4 cm³/mol. The molecule has 0 spiro atoms. The van der Waals surface area contributed by atoms with Crippen LogP contribution in [0.3, 0.4) is 0 Å². The average Bonchev–Trinajstić information content (AvgIpc) is 2.69.